The molecule has 14 heavy (non-hydrogen) atoms. The van der Waals surface area contributed by atoms with Gasteiger partial charge in [-0.05, 0) is 17.7 Å². The normalized spacial score (nSPS) is 8.86. The van der Waals surface area contributed by atoms with Crippen molar-refractivity contribution >= 4 is 0 Å². The molecule has 80 valence electrons. The van der Waals surface area contributed by atoms with E-state index in [0.29, 0.717) is 13.1 Å². The van der Waals surface area contributed by atoms with Crippen LogP contribution >= 0.6 is 0 Å². The lowest BCUT2D eigenvalue weighted by Crippen LogP contribution is -2.02. The number of hydrogen-bond acceptors (Lipinski definition) is 4. The summed E-state index contributed by atoms with van der Waals surface area (Å²) in [5, 5.41) is 7.75. The van der Waals surface area contributed by atoms with E-state index in [2.05, 4.69) is 0 Å². The smallest absolute Gasteiger partial charge is 0.118 e. The highest BCUT2D eigenvalue weighted by Gasteiger charge is 1.89. The Hall–Kier alpha value is -1.10. The molecule has 1 aromatic rings. The fraction of sp³-hybridized carbons (Fsp3) is 0.400. The Bertz CT molecular complexity index is 199. The van der Waals surface area contributed by atoms with E-state index in [1.807, 2.05) is 24.3 Å². The van der Waals surface area contributed by atoms with Crippen LogP contribution in [0.1, 0.15) is 5.56 Å². The van der Waals surface area contributed by atoms with Gasteiger partial charge in [0, 0.05) is 13.1 Å². The molecule has 1 rings (SSSR count). The minimum absolute atomic E-state index is 0.0972. The predicted molar refractivity (Wildman–Crippen MR) is 57.0 cm³/mol. The van der Waals surface area contributed by atoms with E-state index in [1.54, 1.807) is 7.11 Å². The Morgan fingerprint density at radius 1 is 1.21 bits per heavy atom. The van der Waals surface area contributed by atoms with Gasteiger partial charge in [0.15, 0.2) is 0 Å². The number of benzene rings is 1. The van der Waals surface area contributed by atoms with Crippen LogP contribution in [0, 0.1) is 0 Å². The van der Waals surface area contributed by atoms with E-state index in [9.17, 15) is 0 Å². The molecule has 0 saturated heterocycles. The van der Waals surface area contributed by atoms with Crippen molar-refractivity contribution < 1.29 is 9.84 Å². The van der Waals surface area contributed by atoms with Gasteiger partial charge in [-0.3, -0.25) is 0 Å². The van der Waals surface area contributed by atoms with Crippen LogP contribution in [0.5, 0.6) is 5.75 Å². The van der Waals surface area contributed by atoms with E-state index >= 15 is 0 Å². The molecule has 0 aliphatic carbocycles. The molecule has 0 amide bonds. The standard InChI is InChI=1S/C8H11NO.C2H7NO/c1-10-8-4-2-7(6-9)3-5-8;3-1-2-4/h2-5H,6,9H2,1H3;4H,1-3H2. The molecule has 4 heteroatoms. The Morgan fingerprint density at radius 3 is 2.00 bits per heavy atom. The van der Waals surface area contributed by atoms with Crippen LogP contribution in [-0.2, 0) is 6.54 Å². The van der Waals surface area contributed by atoms with Crippen LogP contribution in [0.15, 0.2) is 24.3 Å². The highest BCUT2D eigenvalue weighted by atomic mass is 16.5. The molecule has 0 fully saturated rings. The maximum absolute atomic E-state index is 7.75. The quantitative estimate of drug-likeness (QED) is 0.643. The molecule has 0 aromatic heterocycles. The van der Waals surface area contributed by atoms with E-state index < -0.39 is 0 Å². The van der Waals surface area contributed by atoms with Gasteiger partial charge in [-0.25, -0.2) is 0 Å². The van der Waals surface area contributed by atoms with Crippen molar-refractivity contribution in [3.05, 3.63) is 29.8 Å². The van der Waals surface area contributed by atoms with Crippen LogP contribution in [0.2, 0.25) is 0 Å². The van der Waals surface area contributed by atoms with Gasteiger partial charge in [0.1, 0.15) is 5.75 Å². The topological polar surface area (TPSA) is 81.5 Å². The van der Waals surface area contributed by atoms with Gasteiger partial charge < -0.3 is 21.3 Å². The van der Waals surface area contributed by atoms with Crippen LogP contribution in [0.25, 0.3) is 0 Å². The third-order valence-corrected chi connectivity index (χ3v) is 1.52. The lowest BCUT2D eigenvalue weighted by molar-refractivity contribution is 0.306. The summed E-state index contributed by atoms with van der Waals surface area (Å²) in [5.41, 5.74) is 11.3. The predicted octanol–water partition coefficient (Wildman–Crippen LogP) is 0.0913. The minimum atomic E-state index is 0.0972. The zero-order valence-electron chi connectivity index (χ0n) is 8.44. The summed E-state index contributed by atoms with van der Waals surface area (Å²) in [6.07, 6.45) is 0. The number of aliphatic hydroxyl groups is 1. The molecule has 1 aromatic carbocycles. The minimum Gasteiger partial charge on any atom is -0.497 e. The number of rotatable bonds is 3. The Kier molecular flexibility index (Phi) is 7.83. The maximum atomic E-state index is 7.75. The van der Waals surface area contributed by atoms with Crippen molar-refractivity contribution in [1.82, 2.24) is 0 Å². The summed E-state index contributed by atoms with van der Waals surface area (Å²) < 4.78 is 4.97. The number of ether oxygens (including phenoxy) is 1. The fourth-order valence-corrected chi connectivity index (χ4v) is 0.762. The van der Waals surface area contributed by atoms with Crippen LogP contribution in [0.3, 0.4) is 0 Å². The summed E-state index contributed by atoms with van der Waals surface area (Å²) in [5.74, 6) is 0.872. The van der Waals surface area contributed by atoms with Gasteiger partial charge in [0.05, 0.1) is 13.7 Å². The number of hydrogen-bond donors (Lipinski definition) is 3. The average Bonchev–Trinajstić information content (AvgIpc) is 2.29. The third kappa shape index (κ3) is 5.53. The van der Waals surface area contributed by atoms with Crippen molar-refractivity contribution in [1.29, 1.82) is 0 Å². The summed E-state index contributed by atoms with van der Waals surface area (Å²) >= 11 is 0. The first-order chi connectivity index (χ1) is 6.78. The Labute approximate surface area is 84.5 Å². The molecule has 0 radical (unpaired) electrons. The van der Waals surface area contributed by atoms with Gasteiger partial charge in [-0.2, -0.15) is 0 Å². The zero-order chi connectivity index (χ0) is 10.8. The number of nitrogens with two attached hydrogens (primary N) is 2. The molecule has 0 heterocycles. The van der Waals surface area contributed by atoms with E-state index in [-0.39, 0.29) is 6.61 Å². The highest BCUT2D eigenvalue weighted by Crippen LogP contribution is 2.10. The second-order valence-corrected chi connectivity index (χ2v) is 2.56. The van der Waals surface area contributed by atoms with E-state index in [0.717, 1.165) is 11.3 Å². The van der Waals surface area contributed by atoms with Crippen LogP contribution in [0.4, 0.5) is 0 Å². The van der Waals surface area contributed by atoms with Gasteiger partial charge in [0.25, 0.3) is 0 Å². The van der Waals surface area contributed by atoms with Gasteiger partial charge in [-0.1, -0.05) is 12.1 Å². The third-order valence-electron chi connectivity index (χ3n) is 1.52. The molecule has 0 aliphatic heterocycles. The summed E-state index contributed by atoms with van der Waals surface area (Å²) in [6, 6.07) is 7.72. The number of aliphatic hydroxyl groups excluding tert-OH is 1. The van der Waals surface area contributed by atoms with Crippen molar-refractivity contribution in [3.8, 4) is 5.75 Å². The summed E-state index contributed by atoms with van der Waals surface area (Å²) in [7, 11) is 1.65. The van der Waals surface area contributed by atoms with Crippen molar-refractivity contribution in [3.63, 3.8) is 0 Å². The first-order valence-electron chi connectivity index (χ1n) is 4.42. The molecule has 0 spiro atoms. The summed E-state index contributed by atoms with van der Waals surface area (Å²) in [6.45, 7) is 1.06. The molecule has 0 atom stereocenters. The second-order valence-electron chi connectivity index (χ2n) is 2.56. The van der Waals surface area contributed by atoms with Gasteiger partial charge in [0.2, 0.25) is 0 Å². The lowest BCUT2D eigenvalue weighted by Gasteiger charge is -1.99. The molecular formula is C10H18N2O2. The first-order valence-corrected chi connectivity index (χ1v) is 4.42. The fourth-order valence-electron chi connectivity index (χ4n) is 0.762. The largest absolute Gasteiger partial charge is 0.497 e. The van der Waals surface area contributed by atoms with Gasteiger partial charge in [-0.15, -0.1) is 0 Å². The molecule has 0 bridgehead atoms. The maximum Gasteiger partial charge on any atom is 0.118 e. The Balaban J connectivity index is 0.000000364. The van der Waals surface area contributed by atoms with Gasteiger partial charge >= 0.3 is 0 Å². The second kappa shape index (κ2) is 8.50. The summed E-state index contributed by atoms with van der Waals surface area (Å²) in [4.78, 5) is 0. The molecular weight excluding hydrogens is 180 g/mol. The molecule has 0 aliphatic rings. The van der Waals surface area contributed by atoms with Crippen molar-refractivity contribution in [2.45, 2.75) is 6.54 Å². The van der Waals surface area contributed by atoms with Crippen LogP contribution in [-0.4, -0.2) is 25.4 Å². The van der Waals surface area contributed by atoms with Crippen LogP contribution < -0.4 is 16.2 Å². The first kappa shape index (κ1) is 12.9. The average molecular weight is 198 g/mol. The lowest BCUT2D eigenvalue weighted by atomic mass is 10.2. The molecule has 5 N–H and O–H groups in total. The monoisotopic (exact) mass is 198 g/mol. The Morgan fingerprint density at radius 2 is 1.71 bits per heavy atom. The zero-order valence-corrected chi connectivity index (χ0v) is 8.44. The molecule has 0 unspecified atom stereocenters. The van der Waals surface area contributed by atoms with Crippen molar-refractivity contribution in [2.75, 3.05) is 20.3 Å². The van der Waals surface area contributed by atoms with E-state index in [1.165, 1.54) is 0 Å². The van der Waals surface area contributed by atoms with Crippen molar-refractivity contribution in [2.24, 2.45) is 11.5 Å². The van der Waals surface area contributed by atoms with E-state index in [4.69, 9.17) is 21.3 Å². The number of methoxy groups -OCH3 is 1. The highest BCUT2D eigenvalue weighted by molar-refractivity contribution is 5.26. The molecule has 4 nitrogen and oxygen atoms in total. The molecule has 0 saturated carbocycles. The SMILES string of the molecule is COc1ccc(CN)cc1.NCCO.